The van der Waals surface area contributed by atoms with Gasteiger partial charge in [-0.05, 0) is 43.9 Å². The summed E-state index contributed by atoms with van der Waals surface area (Å²) >= 11 is 0. The Hall–Kier alpha value is -0.930. The number of rotatable bonds is 7. The van der Waals surface area contributed by atoms with Crippen LogP contribution in [0.5, 0.6) is 0 Å². The van der Waals surface area contributed by atoms with Crippen molar-refractivity contribution >= 4 is 0 Å². The fourth-order valence-corrected chi connectivity index (χ4v) is 2.87. The molecule has 112 valence electrons. The number of benzene rings is 1. The first kappa shape index (κ1) is 15.5. The number of halogens is 1. The number of hydrogen-bond acceptors (Lipinski definition) is 2. The van der Waals surface area contributed by atoms with Crippen LogP contribution in [0.3, 0.4) is 0 Å². The topological polar surface area (TPSA) is 21.3 Å². The van der Waals surface area contributed by atoms with Gasteiger partial charge in [-0.3, -0.25) is 0 Å². The van der Waals surface area contributed by atoms with E-state index in [-0.39, 0.29) is 11.9 Å². The van der Waals surface area contributed by atoms with Crippen LogP contribution in [0.2, 0.25) is 0 Å². The van der Waals surface area contributed by atoms with Crippen LogP contribution in [-0.2, 0) is 4.74 Å². The molecule has 1 aromatic carbocycles. The first-order valence-corrected chi connectivity index (χ1v) is 7.84. The van der Waals surface area contributed by atoms with Crippen LogP contribution in [0.15, 0.2) is 24.3 Å². The predicted molar refractivity (Wildman–Crippen MR) is 80.2 cm³/mol. The van der Waals surface area contributed by atoms with Crippen molar-refractivity contribution in [1.29, 1.82) is 0 Å². The molecule has 1 N–H and O–H groups in total. The Morgan fingerprint density at radius 3 is 2.70 bits per heavy atom. The Kier molecular flexibility index (Phi) is 5.99. The van der Waals surface area contributed by atoms with E-state index in [1.54, 1.807) is 12.1 Å². The van der Waals surface area contributed by atoms with Crippen LogP contribution in [0.1, 0.15) is 57.6 Å². The van der Waals surface area contributed by atoms with E-state index in [0.29, 0.717) is 12.1 Å². The molecule has 0 radical (unpaired) electrons. The Balaban J connectivity index is 2.00. The van der Waals surface area contributed by atoms with Gasteiger partial charge in [-0.2, -0.15) is 0 Å². The van der Waals surface area contributed by atoms with Gasteiger partial charge in [-0.1, -0.05) is 31.9 Å². The lowest BCUT2D eigenvalue weighted by Crippen LogP contribution is -2.39. The van der Waals surface area contributed by atoms with E-state index in [1.165, 1.54) is 18.4 Å². The third kappa shape index (κ3) is 4.29. The fourth-order valence-electron chi connectivity index (χ4n) is 2.87. The van der Waals surface area contributed by atoms with Gasteiger partial charge in [0, 0.05) is 18.7 Å². The molecule has 1 fully saturated rings. The van der Waals surface area contributed by atoms with E-state index >= 15 is 0 Å². The highest BCUT2D eigenvalue weighted by atomic mass is 19.1. The summed E-state index contributed by atoms with van der Waals surface area (Å²) in [5.74, 6) is -0.171. The molecule has 3 atom stereocenters. The van der Waals surface area contributed by atoms with Gasteiger partial charge in [0.1, 0.15) is 5.82 Å². The highest BCUT2D eigenvalue weighted by molar-refractivity contribution is 5.20. The molecule has 1 aliphatic heterocycles. The molecule has 1 aliphatic rings. The molecule has 3 unspecified atom stereocenters. The maximum atomic E-state index is 13.1. The van der Waals surface area contributed by atoms with E-state index in [2.05, 4.69) is 19.2 Å². The zero-order chi connectivity index (χ0) is 14.4. The molecule has 0 aromatic heterocycles. The quantitative estimate of drug-likeness (QED) is 0.807. The second kappa shape index (κ2) is 7.75. The molecule has 0 spiro atoms. The van der Waals surface area contributed by atoms with E-state index in [0.717, 1.165) is 25.9 Å². The summed E-state index contributed by atoms with van der Waals surface area (Å²) in [7, 11) is 0. The average molecular weight is 279 g/mol. The van der Waals surface area contributed by atoms with E-state index in [9.17, 15) is 4.39 Å². The minimum absolute atomic E-state index is 0.171. The summed E-state index contributed by atoms with van der Waals surface area (Å²) < 4.78 is 18.8. The molecule has 0 amide bonds. The summed E-state index contributed by atoms with van der Waals surface area (Å²) in [4.78, 5) is 0. The molecule has 1 heterocycles. The molecule has 2 nitrogen and oxygen atoms in total. The van der Waals surface area contributed by atoms with Gasteiger partial charge >= 0.3 is 0 Å². The first-order valence-electron chi connectivity index (χ1n) is 7.84. The van der Waals surface area contributed by atoms with Crippen molar-refractivity contribution in [2.24, 2.45) is 0 Å². The normalized spacial score (nSPS) is 21.9. The lowest BCUT2D eigenvalue weighted by molar-refractivity contribution is 0.0790. The van der Waals surface area contributed by atoms with Crippen molar-refractivity contribution in [2.45, 2.75) is 64.1 Å². The highest BCUT2D eigenvalue weighted by Gasteiger charge is 2.24. The second-order valence-electron chi connectivity index (χ2n) is 5.75. The van der Waals surface area contributed by atoms with Gasteiger partial charge in [0.05, 0.1) is 6.10 Å². The minimum Gasteiger partial charge on any atom is -0.377 e. The monoisotopic (exact) mass is 279 g/mol. The summed E-state index contributed by atoms with van der Waals surface area (Å²) in [6.07, 6.45) is 6.05. The maximum Gasteiger partial charge on any atom is 0.123 e. The van der Waals surface area contributed by atoms with Gasteiger partial charge in [0.2, 0.25) is 0 Å². The van der Waals surface area contributed by atoms with Crippen molar-refractivity contribution in [3.8, 4) is 0 Å². The molecule has 1 aromatic rings. The molecule has 3 heteroatoms. The van der Waals surface area contributed by atoms with Gasteiger partial charge in [0.25, 0.3) is 0 Å². The Labute approximate surface area is 121 Å². The summed E-state index contributed by atoms with van der Waals surface area (Å²) in [5, 5.41) is 3.68. The molecule has 20 heavy (non-hydrogen) atoms. The summed E-state index contributed by atoms with van der Waals surface area (Å²) in [6, 6.07) is 7.51. The van der Waals surface area contributed by atoms with Crippen LogP contribution in [0.25, 0.3) is 0 Å². The van der Waals surface area contributed by atoms with Crippen LogP contribution in [0.4, 0.5) is 4.39 Å². The maximum absolute atomic E-state index is 13.1. The van der Waals surface area contributed by atoms with Crippen LogP contribution in [-0.4, -0.2) is 18.8 Å². The molecule has 0 saturated carbocycles. The van der Waals surface area contributed by atoms with Gasteiger partial charge < -0.3 is 10.1 Å². The van der Waals surface area contributed by atoms with Crippen molar-refractivity contribution in [2.75, 3.05) is 6.61 Å². The van der Waals surface area contributed by atoms with E-state index < -0.39 is 0 Å². The number of nitrogens with one attached hydrogen (secondary N) is 1. The Morgan fingerprint density at radius 1 is 1.35 bits per heavy atom. The van der Waals surface area contributed by atoms with E-state index in [4.69, 9.17) is 4.74 Å². The predicted octanol–water partition coefficient (Wildman–Crippen LogP) is 4.21. The standard InChI is InChI=1S/C17H26FNO/c1-3-4-6-16(14-8-10-15(18)11-9-14)19-13(2)17-7-5-12-20-17/h8-11,13,16-17,19H,3-7,12H2,1-2H3. The lowest BCUT2D eigenvalue weighted by Gasteiger charge is -2.27. The molecular formula is C17H26FNO. The number of ether oxygens (including phenoxy) is 1. The van der Waals surface area contributed by atoms with Crippen LogP contribution >= 0.6 is 0 Å². The second-order valence-corrected chi connectivity index (χ2v) is 5.75. The molecular weight excluding hydrogens is 253 g/mol. The minimum atomic E-state index is -0.171. The van der Waals surface area contributed by atoms with Crippen LogP contribution < -0.4 is 5.32 Å². The molecule has 0 bridgehead atoms. The third-order valence-electron chi connectivity index (χ3n) is 4.11. The van der Waals surface area contributed by atoms with Crippen molar-refractivity contribution in [3.63, 3.8) is 0 Å². The van der Waals surface area contributed by atoms with Gasteiger partial charge in [0.15, 0.2) is 0 Å². The molecule has 2 rings (SSSR count). The SMILES string of the molecule is CCCCC(NC(C)C1CCCO1)c1ccc(F)cc1. The lowest BCUT2D eigenvalue weighted by atomic mass is 9.99. The number of hydrogen-bond donors (Lipinski definition) is 1. The zero-order valence-electron chi connectivity index (χ0n) is 12.6. The van der Waals surface area contributed by atoms with Crippen molar-refractivity contribution in [3.05, 3.63) is 35.6 Å². The average Bonchev–Trinajstić information content (AvgIpc) is 2.98. The fraction of sp³-hybridized carbons (Fsp3) is 0.647. The number of unbranched alkanes of at least 4 members (excludes halogenated alkanes) is 1. The first-order chi connectivity index (χ1) is 9.70. The summed E-state index contributed by atoms with van der Waals surface area (Å²) in [6.45, 7) is 5.27. The van der Waals surface area contributed by atoms with Gasteiger partial charge in [-0.25, -0.2) is 4.39 Å². The zero-order valence-corrected chi connectivity index (χ0v) is 12.6. The van der Waals surface area contributed by atoms with Crippen LogP contribution in [0, 0.1) is 5.82 Å². The Bertz CT molecular complexity index is 386. The smallest absolute Gasteiger partial charge is 0.123 e. The van der Waals surface area contributed by atoms with E-state index in [1.807, 2.05) is 12.1 Å². The molecule has 1 saturated heterocycles. The summed E-state index contributed by atoms with van der Waals surface area (Å²) in [5.41, 5.74) is 1.17. The third-order valence-corrected chi connectivity index (χ3v) is 4.11. The Morgan fingerprint density at radius 2 is 2.10 bits per heavy atom. The van der Waals surface area contributed by atoms with Crippen molar-refractivity contribution in [1.82, 2.24) is 5.32 Å². The highest BCUT2D eigenvalue weighted by Crippen LogP contribution is 2.23. The van der Waals surface area contributed by atoms with Crippen molar-refractivity contribution < 1.29 is 9.13 Å². The largest absolute Gasteiger partial charge is 0.377 e. The molecule has 0 aliphatic carbocycles. The van der Waals surface area contributed by atoms with Gasteiger partial charge in [-0.15, -0.1) is 0 Å².